The third-order valence-corrected chi connectivity index (χ3v) is 2.55. The molecule has 0 fully saturated rings. The van der Waals surface area contributed by atoms with Crippen molar-refractivity contribution in [2.45, 2.75) is 45.6 Å². The van der Waals surface area contributed by atoms with Crippen LogP contribution in [0, 0.1) is 0 Å². The van der Waals surface area contributed by atoms with E-state index in [9.17, 15) is 9.59 Å². The van der Waals surface area contributed by atoms with Gasteiger partial charge in [-0.25, -0.2) is 4.79 Å². The molecule has 5 heteroatoms. The maximum atomic E-state index is 11.3. The first-order chi connectivity index (χ1) is 8.24. The second kappa shape index (κ2) is 7.84. The molecule has 96 valence electrons. The van der Waals surface area contributed by atoms with Crippen LogP contribution in [0.25, 0.3) is 0 Å². The van der Waals surface area contributed by atoms with Gasteiger partial charge in [0, 0.05) is 12.8 Å². The zero-order valence-electron chi connectivity index (χ0n) is 10.3. The Bertz CT molecular complexity index is 422. The first-order valence-corrected chi connectivity index (χ1v) is 6.12. The van der Waals surface area contributed by atoms with Gasteiger partial charge in [0.1, 0.15) is 0 Å². The summed E-state index contributed by atoms with van der Waals surface area (Å²) in [7, 11) is 0. The summed E-state index contributed by atoms with van der Waals surface area (Å²) in [6.07, 6.45) is 7.31. The molecule has 0 saturated heterocycles. The Hall–Kier alpha value is -1.36. The number of nitrogens with one attached hydrogen (secondary N) is 2. The van der Waals surface area contributed by atoms with Crippen molar-refractivity contribution in [3.05, 3.63) is 32.6 Å². The van der Waals surface area contributed by atoms with E-state index in [4.69, 9.17) is 4.74 Å². The minimum absolute atomic E-state index is 0.250. The molecule has 2 N–H and O–H groups in total. The summed E-state index contributed by atoms with van der Waals surface area (Å²) in [5.74, 6) is 0. The molecule has 0 aliphatic heterocycles. The average molecular weight is 240 g/mol. The van der Waals surface area contributed by atoms with Crippen molar-refractivity contribution < 1.29 is 4.74 Å². The number of hydrogen-bond acceptors (Lipinski definition) is 3. The molecule has 0 amide bonds. The summed E-state index contributed by atoms with van der Waals surface area (Å²) in [4.78, 5) is 26.6. The van der Waals surface area contributed by atoms with Gasteiger partial charge in [-0.15, -0.1) is 0 Å². The number of H-pyrrole nitrogens is 2. The molecule has 0 unspecified atom stereocenters. The lowest BCUT2D eigenvalue weighted by Crippen LogP contribution is -2.24. The Morgan fingerprint density at radius 3 is 2.65 bits per heavy atom. The topological polar surface area (TPSA) is 75.0 Å². The zero-order valence-corrected chi connectivity index (χ0v) is 10.3. The number of hydrogen-bond donors (Lipinski definition) is 2. The summed E-state index contributed by atoms with van der Waals surface area (Å²) >= 11 is 0. The predicted octanol–water partition coefficient (Wildman–Crippen LogP) is 1.55. The number of aromatic amines is 2. The van der Waals surface area contributed by atoms with Gasteiger partial charge in [0.2, 0.25) is 0 Å². The van der Waals surface area contributed by atoms with Gasteiger partial charge in [-0.05, 0) is 6.42 Å². The van der Waals surface area contributed by atoms with E-state index in [1.165, 1.54) is 25.5 Å². The number of aromatic nitrogens is 2. The van der Waals surface area contributed by atoms with Crippen LogP contribution < -0.4 is 11.2 Å². The molecule has 17 heavy (non-hydrogen) atoms. The summed E-state index contributed by atoms with van der Waals surface area (Å²) in [5.41, 5.74) is -0.406. The van der Waals surface area contributed by atoms with Crippen LogP contribution in [-0.4, -0.2) is 16.6 Å². The Morgan fingerprint density at radius 2 is 1.94 bits per heavy atom. The van der Waals surface area contributed by atoms with Crippen molar-refractivity contribution in [2.75, 3.05) is 6.61 Å². The molecule has 0 spiro atoms. The highest BCUT2D eigenvalue weighted by Crippen LogP contribution is 2.02. The van der Waals surface area contributed by atoms with Crippen LogP contribution in [0.2, 0.25) is 0 Å². The molecular weight excluding hydrogens is 220 g/mol. The molecule has 0 aromatic carbocycles. The lowest BCUT2D eigenvalue weighted by molar-refractivity contribution is 0.115. The third kappa shape index (κ3) is 5.49. The molecule has 0 aliphatic carbocycles. The van der Waals surface area contributed by atoms with Gasteiger partial charge in [0.15, 0.2) is 0 Å². The highest BCUT2D eigenvalue weighted by atomic mass is 16.5. The fraction of sp³-hybridized carbons (Fsp3) is 0.667. The van der Waals surface area contributed by atoms with Crippen LogP contribution in [-0.2, 0) is 11.3 Å². The van der Waals surface area contributed by atoms with E-state index >= 15 is 0 Å². The molecule has 1 aromatic rings. The van der Waals surface area contributed by atoms with Crippen molar-refractivity contribution in [1.82, 2.24) is 9.97 Å². The fourth-order valence-corrected chi connectivity index (χ4v) is 1.53. The van der Waals surface area contributed by atoms with E-state index < -0.39 is 5.69 Å². The summed E-state index contributed by atoms with van der Waals surface area (Å²) < 4.78 is 5.38. The van der Waals surface area contributed by atoms with Gasteiger partial charge in [-0.2, -0.15) is 0 Å². The monoisotopic (exact) mass is 240 g/mol. The van der Waals surface area contributed by atoms with Gasteiger partial charge >= 0.3 is 5.69 Å². The van der Waals surface area contributed by atoms with Crippen molar-refractivity contribution in [3.8, 4) is 0 Å². The summed E-state index contributed by atoms with van der Waals surface area (Å²) in [6.45, 7) is 3.08. The Labute approximate surface area is 100 Å². The number of ether oxygens (including phenoxy) is 1. The summed E-state index contributed by atoms with van der Waals surface area (Å²) in [6, 6.07) is 0. The van der Waals surface area contributed by atoms with Gasteiger partial charge in [0.05, 0.1) is 12.2 Å². The van der Waals surface area contributed by atoms with Crippen molar-refractivity contribution in [1.29, 1.82) is 0 Å². The first-order valence-electron chi connectivity index (χ1n) is 6.12. The molecule has 1 rings (SSSR count). The van der Waals surface area contributed by atoms with Gasteiger partial charge in [-0.3, -0.25) is 9.78 Å². The van der Waals surface area contributed by atoms with Crippen LogP contribution in [0.15, 0.2) is 15.8 Å². The Kier molecular flexibility index (Phi) is 6.32. The highest BCUT2D eigenvalue weighted by molar-refractivity contribution is 5.00. The van der Waals surface area contributed by atoms with Crippen LogP contribution in [0.4, 0.5) is 0 Å². The third-order valence-electron chi connectivity index (χ3n) is 2.55. The molecule has 0 bridgehead atoms. The molecule has 1 aromatic heterocycles. The maximum Gasteiger partial charge on any atom is 0.325 e. The zero-order chi connectivity index (χ0) is 12.5. The normalized spacial score (nSPS) is 10.6. The number of unbranched alkanes of at least 4 members (excludes halogenated alkanes) is 4. The van der Waals surface area contributed by atoms with E-state index in [-0.39, 0.29) is 12.2 Å². The smallest absolute Gasteiger partial charge is 0.325 e. The minimum atomic E-state index is -0.488. The molecular formula is C12H20N2O3. The van der Waals surface area contributed by atoms with Crippen molar-refractivity contribution >= 4 is 0 Å². The Balaban J connectivity index is 2.18. The highest BCUT2D eigenvalue weighted by Gasteiger charge is 1.99. The Morgan fingerprint density at radius 1 is 1.18 bits per heavy atom. The average Bonchev–Trinajstić information content (AvgIpc) is 2.30. The SMILES string of the molecule is CCCCCCCOCc1c[nH]c(=O)[nH]c1=O. The van der Waals surface area contributed by atoms with Crippen molar-refractivity contribution in [3.63, 3.8) is 0 Å². The van der Waals surface area contributed by atoms with Crippen LogP contribution >= 0.6 is 0 Å². The molecule has 0 atom stereocenters. The van der Waals surface area contributed by atoms with E-state index in [1.54, 1.807) is 0 Å². The minimum Gasteiger partial charge on any atom is -0.377 e. The quantitative estimate of drug-likeness (QED) is 0.677. The van der Waals surface area contributed by atoms with E-state index in [0.717, 1.165) is 12.8 Å². The number of rotatable bonds is 8. The lowest BCUT2D eigenvalue weighted by atomic mass is 10.2. The maximum absolute atomic E-state index is 11.3. The second-order valence-electron chi connectivity index (χ2n) is 4.06. The largest absolute Gasteiger partial charge is 0.377 e. The van der Waals surface area contributed by atoms with Crippen LogP contribution in [0.5, 0.6) is 0 Å². The fourth-order valence-electron chi connectivity index (χ4n) is 1.53. The molecule has 1 heterocycles. The second-order valence-corrected chi connectivity index (χ2v) is 4.06. The van der Waals surface area contributed by atoms with E-state index in [2.05, 4.69) is 16.9 Å². The predicted molar refractivity (Wildman–Crippen MR) is 66.1 cm³/mol. The standard InChI is InChI=1S/C12H20N2O3/c1-2-3-4-5-6-7-17-9-10-8-13-12(16)14-11(10)15/h8H,2-7,9H2,1H3,(H2,13,14,15,16). The van der Waals surface area contributed by atoms with Crippen molar-refractivity contribution in [2.24, 2.45) is 0 Å². The molecule has 0 saturated carbocycles. The van der Waals surface area contributed by atoms with Gasteiger partial charge < -0.3 is 9.72 Å². The van der Waals surface area contributed by atoms with Gasteiger partial charge in [0.25, 0.3) is 5.56 Å². The van der Waals surface area contributed by atoms with E-state index in [1.807, 2.05) is 0 Å². The summed E-state index contributed by atoms with van der Waals surface area (Å²) in [5, 5.41) is 0. The van der Waals surface area contributed by atoms with Crippen LogP contribution in [0.1, 0.15) is 44.6 Å². The van der Waals surface area contributed by atoms with E-state index in [0.29, 0.717) is 12.2 Å². The van der Waals surface area contributed by atoms with Crippen LogP contribution in [0.3, 0.4) is 0 Å². The van der Waals surface area contributed by atoms with Gasteiger partial charge in [-0.1, -0.05) is 32.6 Å². The molecule has 0 aliphatic rings. The first kappa shape index (κ1) is 13.7. The lowest BCUT2D eigenvalue weighted by Gasteiger charge is -2.03. The molecule has 0 radical (unpaired) electrons. The molecule has 5 nitrogen and oxygen atoms in total.